The fourth-order valence-electron chi connectivity index (χ4n) is 0.568. The number of hydrogen-bond acceptors (Lipinski definition) is 3. The molecule has 0 spiro atoms. The number of aliphatic hydroxyl groups excluding tert-OH is 1. The summed E-state index contributed by atoms with van der Waals surface area (Å²) in [5, 5.41) is 8.90. The lowest BCUT2D eigenvalue weighted by Gasteiger charge is -2.07. The van der Waals surface area contributed by atoms with Gasteiger partial charge in [-0.2, -0.15) is 0 Å². The standard InChI is InChI=1S/C6H15NO2/c1-2-9-6(8)4-3-5-7/h6,8H,2-5,7H2,1H3. The molecule has 0 aromatic carbocycles. The highest BCUT2D eigenvalue weighted by Crippen LogP contribution is 1.95. The predicted molar refractivity (Wildman–Crippen MR) is 35.9 cm³/mol. The molecule has 1 atom stereocenters. The van der Waals surface area contributed by atoms with Crippen LogP contribution in [0.1, 0.15) is 19.8 Å². The minimum absolute atomic E-state index is 0.561. The monoisotopic (exact) mass is 133 g/mol. The van der Waals surface area contributed by atoms with E-state index in [4.69, 9.17) is 15.6 Å². The van der Waals surface area contributed by atoms with Crippen LogP contribution in [0.3, 0.4) is 0 Å². The Morgan fingerprint density at radius 3 is 2.78 bits per heavy atom. The van der Waals surface area contributed by atoms with E-state index in [1.807, 2.05) is 6.92 Å². The largest absolute Gasteiger partial charge is 0.368 e. The third-order valence-corrected chi connectivity index (χ3v) is 1.01. The quantitative estimate of drug-likeness (QED) is 0.522. The highest BCUT2D eigenvalue weighted by atomic mass is 16.6. The Morgan fingerprint density at radius 2 is 2.33 bits per heavy atom. The molecule has 0 aliphatic carbocycles. The molecular formula is C6H15NO2. The van der Waals surface area contributed by atoms with Crippen molar-refractivity contribution in [1.82, 2.24) is 0 Å². The molecule has 3 heteroatoms. The number of nitrogens with two attached hydrogens (primary N) is 1. The van der Waals surface area contributed by atoms with Gasteiger partial charge in [0.1, 0.15) is 0 Å². The second kappa shape index (κ2) is 6.01. The van der Waals surface area contributed by atoms with Crippen molar-refractivity contribution in [3.63, 3.8) is 0 Å². The molecule has 56 valence electrons. The fourth-order valence-corrected chi connectivity index (χ4v) is 0.568. The maximum absolute atomic E-state index is 8.90. The number of hydrogen-bond donors (Lipinski definition) is 2. The molecule has 0 fully saturated rings. The summed E-state index contributed by atoms with van der Waals surface area (Å²) >= 11 is 0. The zero-order chi connectivity index (χ0) is 7.11. The smallest absolute Gasteiger partial charge is 0.154 e. The molecule has 0 radical (unpaired) electrons. The summed E-state index contributed by atoms with van der Waals surface area (Å²) < 4.78 is 4.84. The maximum atomic E-state index is 8.90. The summed E-state index contributed by atoms with van der Waals surface area (Å²) in [4.78, 5) is 0. The molecule has 0 aliphatic rings. The van der Waals surface area contributed by atoms with Gasteiger partial charge in [-0.25, -0.2) is 0 Å². The first-order valence-corrected chi connectivity index (χ1v) is 3.31. The molecule has 0 heterocycles. The Morgan fingerprint density at radius 1 is 1.67 bits per heavy atom. The lowest BCUT2D eigenvalue weighted by Crippen LogP contribution is -2.13. The predicted octanol–water partition coefficient (Wildman–Crippen LogP) is 0.0802. The zero-order valence-corrected chi connectivity index (χ0v) is 5.84. The topological polar surface area (TPSA) is 55.5 Å². The van der Waals surface area contributed by atoms with Gasteiger partial charge in [0.2, 0.25) is 0 Å². The molecule has 0 aromatic heterocycles. The van der Waals surface area contributed by atoms with Crippen LogP contribution in [0.25, 0.3) is 0 Å². The summed E-state index contributed by atoms with van der Waals surface area (Å²) in [6.45, 7) is 3.03. The Balaban J connectivity index is 2.95. The highest BCUT2D eigenvalue weighted by Gasteiger charge is 1.99. The first kappa shape index (κ1) is 8.88. The molecule has 0 bridgehead atoms. The molecule has 9 heavy (non-hydrogen) atoms. The Labute approximate surface area is 55.8 Å². The SMILES string of the molecule is CCOC(O)CCCN. The van der Waals surface area contributed by atoms with Crippen LogP contribution >= 0.6 is 0 Å². The van der Waals surface area contributed by atoms with E-state index in [1.165, 1.54) is 0 Å². The van der Waals surface area contributed by atoms with Gasteiger partial charge in [0.05, 0.1) is 0 Å². The summed E-state index contributed by atoms with van der Waals surface area (Å²) in [6.07, 6.45) is 0.851. The van der Waals surface area contributed by atoms with Crippen LogP contribution < -0.4 is 5.73 Å². The zero-order valence-electron chi connectivity index (χ0n) is 5.84. The first-order valence-electron chi connectivity index (χ1n) is 3.31. The summed E-state index contributed by atoms with van der Waals surface area (Å²) in [5.41, 5.74) is 5.21. The van der Waals surface area contributed by atoms with Crippen LogP contribution in [0.5, 0.6) is 0 Å². The van der Waals surface area contributed by atoms with E-state index in [-0.39, 0.29) is 0 Å². The van der Waals surface area contributed by atoms with Crippen molar-refractivity contribution in [2.45, 2.75) is 26.1 Å². The first-order chi connectivity index (χ1) is 4.31. The Kier molecular flexibility index (Phi) is 5.93. The molecule has 0 aromatic rings. The number of rotatable bonds is 5. The van der Waals surface area contributed by atoms with E-state index in [1.54, 1.807) is 0 Å². The fraction of sp³-hybridized carbons (Fsp3) is 1.00. The molecule has 3 N–H and O–H groups in total. The molecule has 0 saturated carbocycles. The van der Waals surface area contributed by atoms with E-state index in [0.29, 0.717) is 19.6 Å². The van der Waals surface area contributed by atoms with Crippen LogP contribution in [-0.2, 0) is 4.74 Å². The van der Waals surface area contributed by atoms with Gasteiger partial charge < -0.3 is 15.6 Å². The van der Waals surface area contributed by atoms with Crippen molar-refractivity contribution in [3.05, 3.63) is 0 Å². The molecular weight excluding hydrogens is 118 g/mol. The molecule has 0 rings (SSSR count). The van der Waals surface area contributed by atoms with E-state index in [2.05, 4.69) is 0 Å². The van der Waals surface area contributed by atoms with Gasteiger partial charge in [0, 0.05) is 6.61 Å². The van der Waals surface area contributed by atoms with Crippen molar-refractivity contribution in [1.29, 1.82) is 0 Å². The summed E-state index contributed by atoms with van der Waals surface area (Å²) in [5.74, 6) is 0. The van der Waals surface area contributed by atoms with Crippen molar-refractivity contribution in [2.24, 2.45) is 5.73 Å². The van der Waals surface area contributed by atoms with E-state index in [0.717, 1.165) is 6.42 Å². The van der Waals surface area contributed by atoms with Gasteiger partial charge in [0.15, 0.2) is 6.29 Å². The third-order valence-electron chi connectivity index (χ3n) is 1.01. The van der Waals surface area contributed by atoms with Crippen LogP contribution in [0.2, 0.25) is 0 Å². The van der Waals surface area contributed by atoms with E-state index >= 15 is 0 Å². The van der Waals surface area contributed by atoms with E-state index in [9.17, 15) is 0 Å². The minimum atomic E-state index is -0.612. The van der Waals surface area contributed by atoms with Crippen molar-refractivity contribution >= 4 is 0 Å². The molecule has 0 amide bonds. The van der Waals surface area contributed by atoms with Gasteiger partial charge in [-0.05, 0) is 26.3 Å². The summed E-state index contributed by atoms with van der Waals surface area (Å²) in [6, 6.07) is 0. The van der Waals surface area contributed by atoms with Gasteiger partial charge >= 0.3 is 0 Å². The lowest BCUT2D eigenvalue weighted by molar-refractivity contribution is -0.0988. The van der Waals surface area contributed by atoms with Gasteiger partial charge in [-0.15, -0.1) is 0 Å². The normalized spacial score (nSPS) is 13.7. The lowest BCUT2D eigenvalue weighted by atomic mass is 10.3. The Bertz CT molecular complexity index is 59.0. The molecule has 0 saturated heterocycles. The maximum Gasteiger partial charge on any atom is 0.154 e. The van der Waals surface area contributed by atoms with Gasteiger partial charge in [0.25, 0.3) is 0 Å². The second-order valence-electron chi connectivity index (χ2n) is 1.84. The Hall–Kier alpha value is -0.120. The second-order valence-corrected chi connectivity index (χ2v) is 1.84. The van der Waals surface area contributed by atoms with Gasteiger partial charge in [-0.3, -0.25) is 0 Å². The van der Waals surface area contributed by atoms with E-state index < -0.39 is 6.29 Å². The van der Waals surface area contributed by atoms with Gasteiger partial charge in [-0.1, -0.05) is 0 Å². The third kappa shape index (κ3) is 5.76. The van der Waals surface area contributed by atoms with Crippen LogP contribution in [0, 0.1) is 0 Å². The number of ether oxygens (including phenoxy) is 1. The molecule has 0 aliphatic heterocycles. The van der Waals surface area contributed by atoms with Crippen LogP contribution in [0.15, 0.2) is 0 Å². The van der Waals surface area contributed by atoms with Crippen LogP contribution in [-0.4, -0.2) is 24.5 Å². The molecule has 3 nitrogen and oxygen atoms in total. The van der Waals surface area contributed by atoms with Crippen molar-refractivity contribution in [3.8, 4) is 0 Å². The minimum Gasteiger partial charge on any atom is -0.368 e. The average Bonchev–Trinajstić information content (AvgIpc) is 1.85. The molecule has 1 unspecified atom stereocenters. The van der Waals surface area contributed by atoms with Crippen molar-refractivity contribution < 1.29 is 9.84 Å². The highest BCUT2D eigenvalue weighted by molar-refractivity contribution is 4.42. The van der Waals surface area contributed by atoms with Crippen LogP contribution in [0.4, 0.5) is 0 Å². The average molecular weight is 133 g/mol. The summed E-state index contributed by atoms with van der Waals surface area (Å²) in [7, 11) is 0. The van der Waals surface area contributed by atoms with Crippen molar-refractivity contribution in [2.75, 3.05) is 13.2 Å². The number of aliphatic hydroxyl groups is 1.